The largest absolute Gasteiger partial charge is 0.508 e. The number of phenolic OH excluding ortho intramolecular Hbond substituents is 3. The Kier molecular flexibility index (Phi) is 4.84. The molecule has 0 atom stereocenters. The van der Waals surface area contributed by atoms with Gasteiger partial charge in [0.05, 0.1) is 3.57 Å². The van der Waals surface area contributed by atoms with E-state index in [2.05, 4.69) is 45.2 Å². The van der Waals surface area contributed by atoms with Crippen molar-refractivity contribution in [1.29, 1.82) is 0 Å². The Balaban J connectivity index is 1.78. The van der Waals surface area contributed by atoms with E-state index in [1.54, 1.807) is 24.3 Å². The van der Waals surface area contributed by atoms with Gasteiger partial charge in [-0.3, -0.25) is 0 Å². The highest BCUT2D eigenvalue weighted by molar-refractivity contribution is 14.1. The van der Waals surface area contributed by atoms with Crippen LogP contribution in [0.1, 0.15) is 22.6 Å². The lowest BCUT2D eigenvalue weighted by Crippen LogP contribution is -2.13. The molecule has 1 heterocycles. The second-order valence-corrected chi connectivity index (χ2v) is 10.5. The van der Waals surface area contributed by atoms with Gasteiger partial charge in [0.15, 0.2) is 0 Å². The topological polar surface area (TPSA) is 69.9 Å². The van der Waals surface area contributed by atoms with Crippen molar-refractivity contribution < 1.29 is 20.1 Å². The molecule has 5 aromatic rings. The molecule has 0 fully saturated rings. The molecule has 33 heavy (non-hydrogen) atoms. The van der Waals surface area contributed by atoms with Crippen molar-refractivity contribution >= 4 is 66.7 Å². The molecule has 6 heteroatoms. The highest BCUT2D eigenvalue weighted by Crippen LogP contribution is 2.54. The fraction of sp³-hybridized carbons (Fsp3) is 0.0370. The average Bonchev–Trinajstić information content (AvgIpc) is 2.79. The Bertz CT molecular complexity index is 1520. The molecule has 0 spiro atoms. The minimum atomic E-state index is -0.312. The smallest absolute Gasteiger partial charge is 0.133 e. The molecular weight excluding hydrogens is 642 g/mol. The second kappa shape index (κ2) is 7.66. The van der Waals surface area contributed by atoms with Crippen molar-refractivity contribution in [2.24, 2.45) is 0 Å². The van der Waals surface area contributed by atoms with Crippen molar-refractivity contribution in [3.8, 4) is 28.7 Å². The number of hydrogen-bond acceptors (Lipinski definition) is 4. The molecule has 6 rings (SSSR count). The zero-order valence-corrected chi connectivity index (χ0v) is 21.3. The molecule has 0 radical (unpaired) electrons. The van der Waals surface area contributed by atoms with E-state index in [9.17, 15) is 15.3 Å². The quantitative estimate of drug-likeness (QED) is 0.159. The van der Waals surface area contributed by atoms with E-state index in [1.807, 2.05) is 48.5 Å². The van der Waals surface area contributed by atoms with Gasteiger partial charge in [0.2, 0.25) is 0 Å². The summed E-state index contributed by atoms with van der Waals surface area (Å²) in [7, 11) is 0. The maximum Gasteiger partial charge on any atom is 0.133 e. The standard InChI is InChI=1S/C27H16I2O4/c28-15-11-20(27(32)21(29)12-15)26-24-18-5-3-16(30)9-13(18)1-7-22(24)33-23-8-2-14-10-17(31)4-6-19(14)25(23)26/h1-12,26,30-32H. The van der Waals surface area contributed by atoms with Crippen molar-refractivity contribution in [2.45, 2.75) is 5.92 Å². The number of fused-ring (bicyclic) bond motifs is 6. The lowest BCUT2D eigenvalue weighted by Gasteiger charge is -2.31. The molecule has 0 amide bonds. The van der Waals surface area contributed by atoms with E-state index in [4.69, 9.17) is 4.74 Å². The number of benzene rings is 5. The third-order valence-electron chi connectivity index (χ3n) is 6.18. The summed E-state index contributed by atoms with van der Waals surface area (Å²) in [5.74, 6) is 1.77. The van der Waals surface area contributed by atoms with Gasteiger partial charge in [-0.25, -0.2) is 0 Å². The summed E-state index contributed by atoms with van der Waals surface area (Å²) < 4.78 is 8.20. The van der Waals surface area contributed by atoms with Crippen LogP contribution in [0.4, 0.5) is 0 Å². The number of rotatable bonds is 1. The molecule has 0 aromatic heterocycles. The van der Waals surface area contributed by atoms with E-state index in [-0.39, 0.29) is 23.2 Å². The predicted octanol–water partition coefficient (Wildman–Crippen LogP) is 7.60. The summed E-state index contributed by atoms with van der Waals surface area (Å²) in [6, 6.07) is 22.3. The fourth-order valence-electron chi connectivity index (χ4n) is 4.80. The maximum absolute atomic E-state index is 11.2. The van der Waals surface area contributed by atoms with Crippen molar-refractivity contribution in [1.82, 2.24) is 0 Å². The molecule has 0 aliphatic carbocycles. The number of aromatic hydroxyl groups is 3. The molecule has 5 aromatic carbocycles. The van der Waals surface area contributed by atoms with E-state index < -0.39 is 0 Å². The Morgan fingerprint density at radius 3 is 1.73 bits per heavy atom. The predicted molar refractivity (Wildman–Crippen MR) is 146 cm³/mol. The third kappa shape index (κ3) is 3.30. The first kappa shape index (κ1) is 20.9. The lowest BCUT2D eigenvalue weighted by molar-refractivity contribution is 0.444. The van der Waals surface area contributed by atoms with Crippen LogP contribution in [0.2, 0.25) is 0 Å². The minimum absolute atomic E-state index is 0.198. The SMILES string of the molecule is Oc1ccc2c3c(ccc2c1)Oc1ccc2cc(O)ccc2c1C3c1cc(I)cc(I)c1O. The zero-order chi connectivity index (χ0) is 22.9. The van der Waals surface area contributed by atoms with E-state index >= 15 is 0 Å². The van der Waals surface area contributed by atoms with Gasteiger partial charge in [0, 0.05) is 26.2 Å². The molecule has 3 N–H and O–H groups in total. The number of phenols is 3. The maximum atomic E-state index is 11.2. The van der Waals surface area contributed by atoms with Crippen molar-refractivity contribution in [3.63, 3.8) is 0 Å². The molecule has 0 unspecified atom stereocenters. The lowest BCUT2D eigenvalue weighted by atomic mass is 9.78. The fourth-order valence-corrected chi connectivity index (χ4v) is 6.69. The molecular formula is C27H16I2O4. The molecule has 4 nitrogen and oxygen atoms in total. The Morgan fingerprint density at radius 2 is 1.18 bits per heavy atom. The summed E-state index contributed by atoms with van der Waals surface area (Å²) in [6.45, 7) is 0. The first-order valence-corrected chi connectivity index (χ1v) is 12.4. The zero-order valence-electron chi connectivity index (χ0n) is 17.0. The van der Waals surface area contributed by atoms with Crippen LogP contribution in [0.3, 0.4) is 0 Å². The van der Waals surface area contributed by atoms with E-state index in [1.165, 1.54) is 0 Å². The van der Waals surface area contributed by atoms with Crippen LogP contribution in [0.25, 0.3) is 21.5 Å². The Hall–Kier alpha value is -2.72. The molecule has 162 valence electrons. The van der Waals surface area contributed by atoms with Gasteiger partial charge >= 0.3 is 0 Å². The molecule has 0 bridgehead atoms. The van der Waals surface area contributed by atoms with Crippen LogP contribution in [-0.4, -0.2) is 15.3 Å². The van der Waals surface area contributed by atoms with Crippen LogP contribution in [-0.2, 0) is 0 Å². The van der Waals surface area contributed by atoms with Crippen molar-refractivity contribution in [3.05, 3.63) is 96.6 Å². The number of hydrogen-bond donors (Lipinski definition) is 3. The van der Waals surface area contributed by atoms with E-state index in [0.29, 0.717) is 0 Å². The first-order chi connectivity index (χ1) is 15.9. The Morgan fingerprint density at radius 1 is 0.636 bits per heavy atom. The molecule has 1 aliphatic rings. The monoisotopic (exact) mass is 658 g/mol. The summed E-state index contributed by atoms with van der Waals surface area (Å²) in [5.41, 5.74) is 2.67. The highest BCUT2D eigenvalue weighted by Gasteiger charge is 2.34. The van der Waals surface area contributed by atoms with Gasteiger partial charge in [0.25, 0.3) is 0 Å². The van der Waals surface area contributed by atoms with Gasteiger partial charge in [-0.2, -0.15) is 0 Å². The van der Waals surface area contributed by atoms with Gasteiger partial charge in [-0.1, -0.05) is 24.3 Å². The molecule has 1 aliphatic heterocycles. The van der Waals surface area contributed by atoms with Gasteiger partial charge < -0.3 is 20.1 Å². The summed E-state index contributed by atoms with van der Waals surface area (Å²) >= 11 is 4.44. The van der Waals surface area contributed by atoms with Crippen LogP contribution in [0.15, 0.2) is 72.8 Å². The number of ether oxygens (including phenoxy) is 1. The summed E-state index contributed by atoms with van der Waals surface area (Å²) in [6.07, 6.45) is 0. The highest BCUT2D eigenvalue weighted by atomic mass is 127. The molecule has 0 saturated heterocycles. The summed E-state index contributed by atoms with van der Waals surface area (Å²) in [5, 5.41) is 35.0. The first-order valence-electron chi connectivity index (χ1n) is 10.3. The molecule has 0 saturated carbocycles. The third-order valence-corrected chi connectivity index (χ3v) is 7.62. The van der Waals surface area contributed by atoms with Gasteiger partial charge in [-0.15, -0.1) is 0 Å². The number of halogens is 2. The minimum Gasteiger partial charge on any atom is -0.508 e. The van der Waals surface area contributed by atoms with Crippen molar-refractivity contribution in [2.75, 3.05) is 0 Å². The second-order valence-electron chi connectivity index (χ2n) is 8.13. The van der Waals surface area contributed by atoms with Gasteiger partial charge in [-0.05, 0) is 115 Å². The van der Waals surface area contributed by atoms with Crippen LogP contribution in [0, 0.1) is 7.14 Å². The van der Waals surface area contributed by atoms with Gasteiger partial charge in [0.1, 0.15) is 28.7 Å². The Labute approximate surface area is 216 Å². The van der Waals surface area contributed by atoms with E-state index in [0.717, 1.165) is 56.9 Å². The van der Waals surface area contributed by atoms with Crippen LogP contribution >= 0.6 is 45.2 Å². The van der Waals surface area contributed by atoms with Crippen LogP contribution in [0.5, 0.6) is 28.7 Å². The normalized spacial score (nSPS) is 13.0. The average molecular weight is 658 g/mol. The van der Waals surface area contributed by atoms with Crippen LogP contribution < -0.4 is 4.74 Å². The summed E-state index contributed by atoms with van der Waals surface area (Å²) in [4.78, 5) is 0.